The second-order valence-electron chi connectivity index (χ2n) is 5.59. The number of nitrogens with two attached hydrogens (primary N) is 1. The number of nitrogens with one attached hydrogen (secondary N) is 1. The Bertz CT molecular complexity index is 232. The third-order valence-corrected chi connectivity index (χ3v) is 3.72. The molecule has 2 heteroatoms. The van der Waals surface area contributed by atoms with Crippen LogP contribution in [0.15, 0.2) is 12.2 Å². The van der Waals surface area contributed by atoms with Crippen LogP contribution in [0.5, 0.6) is 0 Å². The van der Waals surface area contributed by atoms with Gasteiger partial charge >= 0.3 is 0 Å². The van der Waals surface area contributed by atoms with E-state index in [0.29, 0.717) is 17.4 Å². The van der Waals surface area contributed by atoms with Crippen LogP contribution in [0, 0.1) is 17.3 Å². The Hall–Kier alpha value is -0.340. The summed E-state index contributed by atoms with van der Waals surface area (Å²) in [5.41, 5.74) is 6.40. The van der Waals surface area contributed by atoms with Crippen LogP contribution < -0.4 is 11.1 Å². The highest BCUT2D eigenvalue weighted by atomic mass is 14.9. The molecule has 0 aromatic carbocycles. The molecule has 0 bridgehead atoms. The van der Waals surface area contributed by atoms with Gasteiger partial charge in [0.05, 0.1) is 0 Å². The molecule has 2 aliphatic rings. The van der Waals surface area contributed by atoms with Crippen molar-refractivity contribution in [1.82, 2.24) is 5.32 Å². The van der Waals surface area contributed by atoms with E-state index >= 15 is 0 Å². The van der Waals surface area contributed by atoms with E-state index in [1.807, 2.05) is 0 Å². The molecule has 0 aromatic rings. The minimum Gasteiger partial charge on any atom is -0.324 e. The topological polar surface area (TPSA) is 38.0 Å². The zero-order valence-electron chi connectivity index (χ0n) is 9.29. The maximum Gasteiger partial charge on any atom is 0.0229 e. The van der Waals surface area contributed by atoms with Gasteiger partial charge in [0.1, 0.15) is 0 Å². The lowest BCUT2D eigenvalue weighted by Crippen LogP contribution is -2.26. The van der Waals surface area contributed by atoms with Crippen LogP contribution in [0.1, 0.15) is 26.7 Å². The van der Waals surface area contributed by atoms with Crippen molar-refractivity contribution in [2.45, 2.75) is 32.7 Å². The van der Waals surface area contributed by atoms with E-state index in [9.17, 15) is 0 Å². The summed E-state index contributed by atoms with van der Waals surface area (Å²) < 4.78 is 0. The molecule has 0 spiro atoms. The molecule has 3 unspecified atom stereocenters. The highest BCUT2D eigenvalue weighted by Crippen LogP contribution is 2.50. The molecule has 0 aromatic heterocycles. The lowest BCUT2D eigenvalue weighted by molar-refractivity contribution is 0.480. The second kappa shape index (κ2) is 3.67. The normalized spacial score (nSPS) is 38.9. The minimum absolute atomic E-state index is 0.305. The van der Waals surface area contributed by atoms with E-state index in [-0.39, 0.29) is 0 Å². The molecule has 0 heterocycles. The van der Waals surface area contributed by atoms with E-state index in [0.717, 1.165) is 18.9 Å². The van der Waals surface area contributed by atoms with Crippen molar-refractivity contribution in [3.05, 3.63) is 12.2 Å². The Kier molecular flexibility index (Phi) is 2.67. The first-order valence-corrected chi connectivity index (χ1v) is 5.72. The van der Waals surface area contributed by atoms with Gasteiger partial charge in [0.25, 0.3) is 0 Å². The van der Waals surface area contributed by atoms with Crippen LogP contribution in [-0.2, 0) is 0 Å². The fraction of sp³-hybridized carbons (Fsp3) is 0.833. The maximum absolute atomic E-state index is 5.80. The average molecular weight is 194 g/mol. The monoisotopic (exact) mass is 194 g/mol. The number of rotatable bonds is 4. The maximum atomic E-state index is 5.80. The van der Waals surface area contributed by atoms with Gasteiger partial charge in [-0.3, -0.25) is 0 Å². The summed E-state index contributed by atoms with van der Waals surface area (Å²) >= 11 is 0. The minimum atomic E-state index is 0.305. The molecule has 14 heavy (non-hydrogen) atoms. The number of hydrogen-bond acceptors (Lipinski definition) is 2. The lowest BCUT2D eigenvalue weighted by atomic mass is 10.1. The van der Waals surface area contributed by atoms with Gasteiger partial charge in [-0.25, -0.2) is 0 Å². The fourth-order valence-corrected chi connectivity index (χ4v) is 2.33. The molecule has 3 atom stereocenters. The molecule has 0 amide bonds. The van der Waals surface area contributed by atoms with Crippen molar-refractivity contribution in [3.63, 3.8) is 0 Å². The Morgan fingerprint density at radius 3 is 2.57 bits per heavy atom. The average Bonchev–Trinajstić information content (AvgIpc) is 2.53. The Labute approximate surface area is 86.9 Å². The van der Waals surface area contributed by atoms with E-state index in [2.05, 4.69) is 31.3 Å². The van der Waals surface area contributed by atoms with Crippen LogP contribution in [-0.4, -0.2) is 19.1 Å². The Morgan fingerprint density at radius 1 is 1.36 bits per heavy atom. The summed E-state index contributed by atoms with van der Waals surface area (Å²) in [5.74, 6) is 1.58. The molecule has 3 N–H and O–H groups in total. The van der Waals surface area contributed by atoms with Gasteiger partial charge in [0.2, 0.25) is 0 Å². The van der Waals surface area contributed by atoms with E-state index in [1.165, 1.54) is 13.0 Å². The molecule has 2 aliphatic carbocycles. The Morgan fingerprint density at radius 2 is 2.07 bits per heavy atom. The standard InChI is InChI=1S/C12H22N2/c1-12(2)6-10(12)8-14-7-9-3-4-11(13)5-9/h3-4,9-11,14H,5-8,13H2,1-2H3. The summed E-state index contributed by atoms with van der Waals surface area (Å²) in [6.45, 7) is 7.00. The van der Waals surface area contributed by atoms with E-state index in [1.54, 1.807) is 0 Å². The first-order valence-electron chi connectivity index (χ1n) is 5.72. The molecule has 1 saturated carbocycles. The first-order chi connectivity index (χ1) is 6.58. The SMILES string of the molecule is CC1(C)CC1CNCC1C=CC(N)C1. The van der Waals surface area contributed by atoms with Gasteiger partial charge in [-0.05, 0) is 36.6 Å². The predicted octanol–water partition coefficient (Wildman–Crippen LogP) is 1.53. The van der Waals surface area contributed by atoms with Crippen molar-refractivity contribution in [2.24, 2.45) is 23.0 Å². The van der Waals surface area contributed by atoms with Gasteiger partial charge in [-0.2, -0.15) is 0 Å². The van der Waals surface area contributed by atoms with Gasteiger partial charge in [0.15, 0.2) is 0 Å². The quantitative estimate of drug-likeness (QED) is 0.666. The molecule has 0 aliphatic heterocycles. The van der Waals surface area contributed by atoms with Crippen LogP contribution in [0.2, 0.25) is 0 Å². The van der Waals surface area contributed by atoms with Crippen molar-refractivity contribution >= 4 is 0 Å². The summed E-state index contributed by atoms with van der Waals surface area (Å²) in [5, 5.41) is 3.56. The summed E-state index contributed by atoms with van der Waals surface area (Å²) in [4.78, 5) is 0. The van der Waals surface area contributed by atoms with E-state index in [4.69, 9.17) is 5.73 Å². The van der Waals surface area contributed by atoms with Gasteiger partial charge in [-0.15, -0.1) is 0 Å². The molecule has 2 rings (SSSR count). The largest absolute Gasteiger partial charge is 0.324 e. The third-order valence-electron chi connectivity index (χ3n) is 3.72. The lowest BCUT2D eigenvalue weighted by Gasteiger charge is -2.11. The molecular weight excluding hydrogens is 172 g/mol. The van der Waals surface area contributed by atoms with Crippen molar-refractivity contribution in [3.8, 4) is 0 Å². The van der Waals surface area contributed by atoms with Crippen LogP contribution in [0.3, 0.4) is 0 Å². The molecule has 80 valence electrons. The Balaban J connectivity index is 1.58. The molecule has 2 nitrogen and oxygen atoms in total. The summed E-state index contributed by atoms with van der Waals surface area (Å²) in [6, 6.07) is 0.305. The van der Waals surface area contributed by atoms with Crippen molar-refractivity contribution in [1.29, 1.82) is 0 Å². The van der Waals surface area contributed by atoms with Gasteiger partial charge in [-0.1, -0.05) is 26.0 Å². The molecular formula is C12H22N2. The molecule has 0 saturated heterocycles. The second-order valence-corrected chi connectivity index (χ2v) is 5.59. The zero-order valence-corrected chi connectivity index (χ0v) is 9.29. The highest BCUT2D eigenvalue weighted by molar-refractivity contribution is 5.05. The smallest absolute Gasteiger partial charge is 0.0229 e. The summed E-state index contributed by atoms with van der Waals surface area (Å²) in [7, 11) is 0. The van der Waals surface area contributed by atoms with Gasteiger partial charge < -0.3 is 11.1 Å². The van der Waals surface area contributed by atoms with Crippen LogP contribution in [0.4, 0.5) is 0 Å². The highest BCUT2D eigenvalue weighted by Gasteiger charge is 2.44. The molecule has 1 fully saturated rings. The fourth-order valence-electron chi connectivity index (χ4n) is 2.33. The van der Waals surface area contributed by atoms with Crippen molar-refractivity contribution < 1.29 is 0 Å². The first kappa shape index (κ1) is 10.2. The van der Waals surface area contributed by atoms with E-state index < -0.39 is 0 Å². The molecule has 0 radical (unpaired) electrons. The van der Waals surface area contributed by atoms with Crippen LogP contribution >= 0.6 is 0 Å². The van der Waals surface area contributed by atoms with Crippen LogP contribution in [0.25, 0.3) is 0 Å². The summed E-state index contributed by atoms with van der Waals surface area (Å²) in [6.07, 6.45) is 6.91. The predicted molar refractivity (Wildman–Crippen MR) is 60.0 cm³/mol. The zero-order chi connectivity index (χ0) is 10.2. The number of hydrogen-bond donors (Lipinski definition) is 2. The van der Waals surface area contributed by atoms with Crippen molar-refractivity contribution in [2.75, 3.05) is 13.1 Å². The third kappa shape index (κ3) is 2.37. The van der Waals surface area contributed by atoms with Gasteiger partial charge in [0, 0.05) is 12.6 Å².